The molecule has 4 rings (SSSR count). The predicted octanol–water partition coefficient (Wildman–Crippen LogP) is 4.02. The Morgan fingerprint density at radius 1 is 1.02 bits per heavy atom. The zero-order chi connectivity index (χ0) is 32.2. The van der Waals surface area contributed by atoms with Crippen molar-refractivity contribution in [3.8, 4) is 0 Å². The lowest BCUT2D eigenvalue weighted by Crippen LogP contribution is -2.60. The number of carbonyl (C=O) groups is 4. The van der Waals surface area contributed by atoms with Gasteiger partial charge in [0.15, 0.2) is 10.0 Å². The zero-order valence-electron chi connectivity index (χ0n) is 24.2. The highest BCUT2D eigenvalue weighted by molar-refractivity contribution is 8.10. The van der Waals surface area contributed by atoms with Gasteiger partial charge >= 0.3 is 11.5 Å². The number of ketones is 3. The maximum atomic E-state index is 13.8. The second kappa shape index (κ2) is 11.8. The quantitative estimate of drug-likeness (QED) is 0.247. The van der Waals surface area contributed by atoms with Crippen LogP contribution < -0.4 is 0 Å². The first kappa shape index (κ1) is 34.0. The van der Waals surface area contributed by atoms with E-state index in [1.807, 2.05) is 13.8 Å². The third-order valence-electron chi connectivity index (χ3n) is 10.8. The van der Waals surface area contributed by atoms with E-state index in [0.29, 0.717) is 44.9 Å². The first-order valence-corrected chi connectivity index (χ1v) is 17.2. The zero-order valence-corrected chi connectivity index (χ0v) is 25.9. The van der Waals surface area contributed by atoms with Crippen molar-refractivity contribution in [3.05, 3.63) is 4.13 Å². The Kier molecular flexibility index (Phi) is 9.31. The number of sulfonamides is 1. The summed E-state index contributed by atoms with van der Waals surface area (Å²) in [6, 6.07) is 0. The van der Waals surface area contributed by atoms with E-state index in [1.54, 1.807) is 4.13 Å². The van der Waals surface area contributed by atoms with Crippen LogP contribution in [0.5, 0.6) is 0 Å². The summed E-state index contributed by atoms with van der Waals surface area (Å²) in [4.78, 5) is 51.8. The highest BCUT2D eigenvalue weighted by atomic mass is 32.3. The van der Waals surface area contributed by atoms with Gasteiger partial charge in [0.25, 0.3) is 0 Å². The molecule has 4 aliphatic rings. The molecule has 244 valence electrons. The molecule has 0 heterocycles. The standard InChI is InChI=1S/C27H37F3NO10S2/c1-15(4-7-23(35)40-10-11-41-43(38,39)31-42(36,37)27(28,29)30)18-5-6-19-24-20(14-22(34)26(18,19)3)25(2)9-8-17(32)12-16(25)13-21(24)33/h15-16,18-20,24H,4-14H2,1-3H3/q-1. The van der Waals surface area contributed by atoms with Crippen LogP contribution in [-0.4, -0.2) is 58.9 Å². The minimum absolute atomic E-state index is 0.0189. The van der Waals surface area contributed by atoms with Crippen molar-refractivity contribution in [2.75, 3.05) is 13.2 Å². The van der Waals surface area contributed by atoms with Crippen LogP contribution in [0.2, 0.25) is 0 Å². The number of Topliss-reactive ketones (excluding diaryl/α,β-unsaturated/α-hetero) is 3. The van der Waals surface area contributed by atoms with E-state index < -0.39 is 50.4 Å². The van der Waals surface area contributed by atoms with Gasteiger partial charge in [-0.05, 0) is 60.7 Å². The predicted molar refractivity (Wildman–Crippen MR) is 144 cm³/mol. The van der Waals surface area contributed by atoms with E-state index >= 15 is 0 Å². The molecule has 0 aliphatic heterocycles. The van der Waals surface area contributed by atoms with Crippen molar-refractivity contribution in [2.45, 2.75) is 84.1 Å². The lowest BCUT2D eigenvalue weighted by molar-refractivity contribution is -0.166. The van der Waals surface area contributed by atoms with Gasteiger partial charge in [-0.3, -0.25) is 23.4 Å². The number of nitrogens with zero attached hydrogens (tertiary/aromatic N) is 1. The van der Waals surface area contributed by atoms with E-state index in [4.69, 9.17) is 4.74 Å². The van der Waals surface area contributed by atoms with E-state index in [-0.39, 0.29) is 64.7 Å². The fourth-order valence-corrected chi connectivity index (χ4v) is 10.2. The van der Waals surface area contributed by atoms with Crippen LogP contribution in [0.3, 0.4) is 0 Å². The molecule has 0 aromatic carbocycles. The van der Waals surface area contributed by atoms with Crippen molar-refractivity contribution in [1.82, 2.24) is 0 Å². The Morgan fingerprint density at radius 3 is 2.35 bits per heavy atom. The van der Waals surface area contributed by atoms with Gasteiger partial charge < -0.3 is 8.86 Å². The highest BCUT2D eigenvalue weighted by Crippen LogP contribution is 2.66. The number of rotatable bonds is 10. The molecule has 0 saturated heterocycles. The monoisotopic (exact) mass is 656 g/mol. The Bertz CT molecular complexity index is 1380. The number of hydrogen-bond acceptors (Lipinski definition) is 10. The van der Waals surface area contributed by atoms with Gasteiger partial charge in [-0.25, -0.2) is 16.8 Å². The van der Waals surface area contributed by atoms with Crippen molar-refractivity contribution >= 4 is 43.6 Å². The summed E-state index contributed by atoms with van der Waals surface area (Å²) in [5.74, 6) is -0.886. The van der Waals surface area contributed by atoms with Gasteiger partial charge in [0.2, 0.25) is 10.3 Å². The van der Waals surface area contributed by atoms with Gasteiger partial charge in [0.1, 0.15) is 24.0 Å². The molecule has 0 bridgehead atoms. The molecule has 0 spiro atoms. The normalized spacial score (nSPS) is 35.6. The number of esters is 1. The van der Waals surface area contributed by atoms with Crippen molar-refractivity contribution in [3.63, 3.8) is 0 Å². The van der Waals surface area contributed by atoms with Crippen LogP contribution in [0.1, 0.15) is 78.6 Å². The minimum Gasteiger partial charge on any atom is -0.463 e. The lowest BCUT2D eigenvalue weighted by atomic mass is 9.44. The molecule has 4 fully saturated rings. The summed E-state index contributed by atoms with van der Waals surface area (Å²) >= 11 is 0. The minimum atomic E-state index is -6.32. The summed E-state index contributed by atoms with van der Waals surface area (Å²) in [6.45, 7) is 4.39. The number of halogens is 3. The first-order chi connectivity index (χ1) is 19.7. The van der Waals surface area contributed by atoms with Crippen molar-refractivity contribution in [2.24, 2.45) is 46.3 Å². The summed E-state index contributed by atoms with van der Waals surface area (Å²) < 4.78 is 92.2. The van der Waals surface area contributed by atoms with E-state index in [9.17, 15) is 49.2 Å². The first-order valence-electron chi connectivity index (χ1n) is 14.4. The molecule has 0 N–H and O–H groups in total. The van der Waals surface area contributed by atoms with Crippen LogP contribution in [0.4, 0.5) is 13.2 Å². The fourth-order valence-electron chi connectivity index (χ4n) is 8.49. The van der Waals surface area contributed by atoms with Crippen LogP contribution in [0.25, 0.3) is 4.13 Å². The summed E-state index contributed by atoms with van der Waals surface area (Å²) in [5.41, 5.74) is -6.87. The Morgan fingerprint density at radius 2 is 1.70 bits per heavy atom. The third kappa shape index (κ3) is 6.43. The summed E-state index contributed by atoms with van der Waals surface area (Å²) in [7, 11) is -11.8. The number of fused-ring (bicyclic) bond motifs is 5. The van der Waals surface area contributed by atoms with Gasteiger partial charge in [-0.2, -0.15) is 13.2 Å². The van der Waals surface area contributed by atoms with Crippen LogP contribution in [0.15, 0.2) is 0 Å². The average Bonchev–Trinajstić information content (AvgIpc) is 3.24. The SMILES string of the molecule is CC(CCC(=O)OCCOS(=O)(=O)[N-]S(=O)(=O)C(F)(F)F)C1CCC2C3C(=O)CC4CC(=O)CCC4(C)C3CC(=O)C12C. The Hall–Kier alpha value is -1.91. The summed E-state index contributed by atoms with van der Waals surface area (Å²) in [6.07, 6.45) is 3.92. The molecular weight excluding hydrogens is 619 g/mol. The molecule has 8 atom stereocenters. The van der Waals surface area contributed by atoms with E-state index in [1.165, 1.54) is 0 Å². The maximum absolute atomic E-state index is 13.8. The number of ether oxygens (including phenoxy) is 1. The summed E-state index contributed by atoms with van der Waals surface area (Å²) in [5, 5.41) is 0. The second-order valence-electron chi connectivity index (χ2n) is 12.9. The number of hydrogen-bond donors (Lipinski definition) is 0. The number of carbonyl (C=O) groups excluding carboxylic acids is 4. The Balaban J connectivity index is 1.30. The molecule has 0 aromatic rings. The molecule has 0 aromatic heterocycles. The molecule has 11 nitrogen and oxygen atoms in total. The van der Waals surface area contributed by atoms with E-state index in [2.05, 4.69) is 11.1 Å². The lowest BCUT2D eigenvalue weighted by Gasteiger charge is -2.58. The maximum Gasteiger partial charge on any atom is 0.480 e. The molecule has 16 heteroatoms. The van der Waals surface area contributed by atoms with Crippen molar-refractivity contribution in [1.29, 1.82) is 0 Å². The Labute approximate surface area is 249 Å². The molecule has 4 saturated carbocycles. The molecule has 8 unspecified atom stereocenters. The van der Waals surface area contributed by atoms with Crippen LogP contribution >= 0.6 is 0 Å². The topological polar surface area (TPSA) is 169 Å². The van der Waals surface area contributed by atoms with Gasteiger partial charge in [0, 0.05) is 43.4 Å². The molecule has 0 amide bonds. The van der Waals surface area contributed by atoms with Gasteiger partial charge in [0.05, 0.1) is 6.61 Å². The van der Waals surface area contributed by atoms with Gasteiger partial charge in [-0.1, -0.05) is 20.8 Å². The van der Waals surface area contributed by atoms with Crippen LogP contribution in [-0.2, 0) is 48.4 Å². The molecule has 4 aliphatic carbocycles. The largest absolute Gasteiger partial charge is 0.480 e. The highest BCUT2D eigenvalue weighted by Gasteiger charge is 2.66. The van der Waals surface area contributed by atoms with Crippen molar-refractivity contribution < 1.29 is 58.1 Å². The molecular formula is C27H37F3NO10S2-. The average molecular weight is 657 g/mol. The molecule has 0 radical (unpaired) electrons. The second-order valence-corrected chi connectivity index (χ2v) is 16.0. The fraction of sp³-hybridized carbons (Fsp3) is 0.852. The number of alkyl halides is 3. The third-order valence-corrected chi connectivity index (χ3v) is 13.3. The van der Waals surface area contributed by atoms with Gasteiger partial charge in [-0.15, -0.1) is 0 Å². The molecule has 43 heavy (non-hydrogen) atoms. The van der Waals surface area contributed by atoms with E-state index in [0.717, 1.165) is 6.42 Å². The van der Waals surface area contributed by atoms with Crippen LogP contribution in [0, 0.1) is 46.3 Å². The smallest absolute Gasteiger partial charge is 0.463 e.